The van der Waals surface area contributed by atoms with E-state index in [4.69, 9.17) is 0 Å². The van der Waals surface area contributed by atoms with Gasteiger partial charge in [0.2, 0.25) is 5.95 Å². The highest BCUT2D eigenvalue weighted by Crippen LogP contribution is 2.09. The lowest BCUT2D eigenvalue weighted by molar-refractivity contribution is 0.261. The van der Waals surface area contributed by atoms with Gasteiger partial charge in [0.15, 0.2) is 0 Å². The molecule has 0 bridgehead atoms. The Hall–Kier alpha value is -1.36. The van der Waals surface area contributed by atoms with Gasteiger partial charge in [-0.2, -0.15) is 4.98 Å². The molecule has 1 aromatic rings. The van der Waals surface area contributed by atoms with Crippen LogP contribution in [0.25, 0.3) is 0 Å². The van der Waals surface area contributed by atoms with E-state index in [1.807, 2.05) is 19.9 Å². The zero-order valence-electron chi connectivity index (χ0n) is 12.8. The summed E-state index contributed by atoms with van der Waals surface area (Å²) in [4.78, 5) is 11.1. The predicted molar refractivity (Wildman–Crippen MR) is 81.8 cm³/mol. The molecular formula is C14H27N5. The molecule has 19 heavy (non-hydrogen) atoms. The first kappa shape index (κ1) is 15.7. The van der Waals surface area contributed by atoms with Gasteiger partial charge in [-0.05, 0) is 34.2 Å². The topological polar surface area (TPSA) is 53.1 Å². The van der Waals surface area contributed by atoms with Crippen LogP contribution in [0.5, 0.6) is 0 Å². The Morgan fingerprint density at radius 1 is 1.26 bits per heavy atom. The fourth-order valence-electron chi connectivity index (χ4n) is 1.79. The highest BCUT2D eigenvalue weighted by atomic mass is 15.2. The smallest absolute Gasteiger partial charge is 0.224 e. The van der Waals surface area contributed by atoms with Crippen molar-refractivity contribution in [1.82, 2.24) is 14.9 Å². The molecule has 1 aromatic heterocycles. The van der Waals surface area contributed by atoms with E-state index in [9.17, 15) is 0 Å². The molecule has 0 amide bonds. The molecule has 0 aliphatic rings. The number of likely N-dealkylation sites (N-methyl/N-ethyl adjacent to an activating group) is 1. The fourth-order valence-corrected chi connectivity index (χ4v) is 1.79. The SMILES string of the molecule is CCNc1nc(C)cc(NCCN(C)C(C)CC)n1. The van der Waals surface area contributed by atoms with Crippen molar-refractivity contribution < 1.29 is 0 Å². The second kappa shape index (κ2) is 7.94. The Morgan fingerprint density at radius 2 is 2.00 bits per heavy atom. The Morgan fingerprint density at radius 3 is 2.63 bits per heavy atom. The highest BCUT2D eigenvalue weighted by Gasteiger charge is 2.06. The number of anilines is 2. The summed E-state index contributed by atoms with van der Waals surface area (Å²) in [5.74, 6) is 1.58. The molecule has 0 saturated heterocycles. The second-order valence-electron chi connectivity index (χ2n) is 4.91. The third-order valence-electron chi connectivity index (χ3n) is 3.30. The lowest BCUT2D eigenvalue weighted by atomic mass is 10.2. The summed E-state index contributed by atoms with van der Waals surface area (Å²) in [7, 11) is 2.16. The van der Waals surface area contributed by atoms with Crippen LogP contribution in [0.2, 0.25) is 0 Å². The lowest BCUT2D eigenvalue weighted by Gasteiger charge is -2.23. The van der Waals surface area contributed by atoms with Gasteiger partial charge in [-0.25, -0.2) is 4.98 Å². The summed E-state index contributed by atoms with van der Waals surface area (Å²) < 4.78 is 0. The van der Waals surface area contributed by atoms with Crippen molar-refractivity contribution in [3.8, 4) is 0 Å². The first-order valence-corrected chi connectivity index (χ1v) is 7.10. The number of aromatic nitrogens is 2. The first-order chi connectivity index (χ1) is 9.06. The summed E-state index contributed by atoms with van der Waals surface area (Å²) >= 11 is 0. The van der Waals surface area contributed by atoms with Gasteiger partial charge in [0.05, 0.1) is 0 Å². The maximum absolute atomic E-state index is 4.43. The second-order valence-corrected chi connectivity index (χ2v) is 4.91. The molecule has 1 unspecified atom stereocenters. The molecule has 0 aliphatic carbocycles. The van der Waals surface area contributed by atoms with E-state index in [1.54, 1.807) is 0 Å². The Balaban J connectivity index is 2.48. The quantitative estimate of drug-likeness (QED) is 0.755. The Bertz CT molecular complexity index is 380. The van der Waals surface area contributed by atoms with Crippen LogP contribution in [0.4, 0.5) is 11.8 Å². The summed E-state index contributed by atoms with van der Waals surface area (Å²) in [6, 6.07) is 2.59. The normalized spacial score (nSPS) is 12.5. The molecule has 0 fully saturated rings. The van der Waals surface area contributed by atoms with Gasteiger partial charge in [0.1, 0.15) is 5.82 Å². The maximum atomic E-state index is 4.43. The van der Waals surface area contributed by atoms with E-state index in [1.165, 1.54) is 6.42 Å². The van der Waals surface area contributed by atoms with Crippen molar-refractivity contribution in [2.24, 2.45) is 0 Å². The lowest BCUT2D eigenvalue weighted by Crippen LogP contribution is -2.32. The molecule has 0 radical (unpaired) electrons. The van der Waals surface area contributed by atoms with E-state index in [2.05, 4.69) is 46.4 Å². The Kier molecular flexibility index (Phi) is 6.56. The molecule has 5 heteroatoms. The maximum Gasteiger partial charge on any atom is 0.224 e. The number of rotatable bonds is 8. The van der Waals surface area contributed by atoms with Crippen molar-refractivity contribution in [2.45, 2.75) is 40.2 Å². The van der Waals surface area contributed by atoms with Gasteiger partial charge < -0.3 is 15.5 Å². The van der Waals surface area contributed by atoms with Crippen LogP contribution < -0.4 is 10.6 Å². The van der Waals surface area contributed by atoms with Crippen LogP contribution in [0.1, 0.15) is 32.9 Å². The summed E-state index contributed by atoms with van der Waals surface area (Å²) in [6.07, 6.45) is 1.17. The molecule has 5 nitrogen and oxygen atoms in total. The van der Waals surface area contributed by atoms with E-state index in [0.29, 0.717) is 12.0 Å². The predicted octanol–water partition coefficient (Wildman–Crippen LogP) is 2.36. The monoisotopic (exact) mass is 265 g/mol. The molecule has 0 aromatic carbocycles. The first-order valence-electron chi connectivity index (χ1n) is 7.10. The molecule has 2 N–H and O–H groups in total. The van der Waals surface area contributed by atoms with E-state index >= 15 is 0 Å². The summed E-state index contributed by atoms with van der Waals surface area (Å²) in [5.41, 5.74) is 0.976. The molecule has 1 atom stereocenters. The van der Waals surface area contributed by atoms with Crippen LogP contribution >= 0.6 is 0 Å². The minimum atomic E-state index is 0.617. The molecule has 1 heterocycles. The summed E-state index contributed by atoms with van der Waals surface area (Å²) in [6.45, 7) is 11.2. The number of hydrogen-bond acceptors (Lipinski definition) is 5. The third-order valence-corrected chi connectivity index (χ3v) is 3.30. The van der Waals surface area contributed by atoms with Gasteiger partial charge in [-0.15, -0.1) is 0 Å². The third kappa shape index (κ3) is 5.42. The van der Waals surface area contributed by atoms with Crippen molar-refractivity contribution in [3.05, 3.63) is 11.8 Å². The van der Waals surface area contributed by atoms with E-state index in [0.717, 1.165) is 31.1 Å². The van der Waals surface area contributed by atoms with Crippen molar-refractivity contribution in [1.29, 1.82) is 0 Å². The highest BCUT2D eigenvalue weighted by molar-refractivity contribution is 5.42. The average Bonchev–Trinajstić information content (AvgIpc) is 2.37. The molecular weight excluding hydrogens is 238 g/mol. The molecule has 0 aliphatic heterocycles. The minimum absolute atomic E-state index is 0.617. The van der Waals surface area contributed by atoms with Crippen LogP contribution in [-0.2, 0) is 0 Å². The van der Waals surface area contributed by atoms with E-state index in [-0.39, 0.29) is 0 Å². The molecule has 0 saturated carbocycles. The van der Waals surface area contributed by atoms with Crippen LogP contribution in [0, 0.1) is 6.92 Å². The zero-order valence-corrected chi connectivity index (χ0v) is 12.8. The van der Waals surface area contributed by atoms with Crippen LogP contribution in [-0.4, -0.2) is 47.6 Å². The van der Waals surface area contributed by atoms with E-state index < -0.39 is 0 Å². The number of hydrogen-bond donors (Lipinski definition) is 2. The molecule has 108 valence electrons. The minimum Gasteiger partial charge on any atom is -0.369 e. The number of nitrogens with zero attached hydrogens (tertiary/aromatic N) is 3. The fraction of sp³-hybridized carbons (Fsp3) is 0.714. The zero-order chi connectivity index (χ0) is 14.3. The van der Waals surface area contributed by atoms with Crippen LogP contribution in [0.15, 0.2) is 6.07 Å². The van der Waals surface area contributed by atoms with Gasteiger partial charge >= 0.3 is 0 Å². The number of aryl methyl sites for hydroxylation is 1. The average molecular weight is 265 g/mol. The van der Waals surface area contributed by atoms with Gasteiger partial charge in [0.25, 0.3) is 0 Å². The van der Waals surface area contributed by atoms with Gasteiger partial charge in [-0.1, -0.05) is 6.92 Å². The number of nitrogens with one attached hydrogen (secondary N) is 2. The van der Waals surface area contributed by atoms with Crippen molar-refractivity contribution >= 4 is 11.8 Å². The van der Waals surface area contributed by atoms with Crippen molar-refractivity contribution in [2.75, 3.05) is 37.3 Å². The van der Waals surface area contributed by atoms with Crippen LogP contribution in [0.3, 0.4) is 0 Å². The summed E-state index contributed by atoms with van der Waals surface area (Å²) in [5, 5.41) is 6.50. The molecule has 1 rings (SSSR count). The Labute approximate surface area is 116 Å². The van der Waals surface area contributed by atoms with Gasteiger partial charge in [-0.3, -0.25) is 0 Å². The largest absolute Gasteiger partial charge is 0.369 e. The molecule has 0 spiro atoms. The standard InChI is InChI=1S/C14H27N5/c1-6-12(4)19(5)9-8-16-13-10-11(3)17-14(18-13)15-7-2/h10,12H,6-9H2,1-5H3,(H2,15,16,17,18). The van der Waals surface area contributed by atoms with Crippen molar-refractivity contribution in [3.63, 3.8) is 0 Å². The van der Waals surface area contributed by atoms with Gasteiger partial charge in [0, 0.05) is 37.4 Å².